The van der Waals surface area contributed by atoms with Crippen molar-refractivity contribution in [2.45, 2.75) is 25.8 Å². The molecule has 0 N–H and O–H groups in total. The molecule has 5 nitrogen and oxygen atoms in total. The zero-order chi connectivity index (χ0) is 20.2. The second-order valence-electron chi connectivity index (χ2n) is 7.55. The highest BCUT2D eigenvalue weighted by Gasteiger charge is 2.47. The number of thiophene rings is 1. The molecule has 1 aromatic carbocycles. The Kier molecular flexibility index (Phi) is 5.90. The number of benzene rings is 1. The van der Waals surface area contributed by atoms with Gasteiger partial charge in [-0.2, -0.15) is 0 Å². The van der Waals surface area contributed by atoms with E-state index in [1.165, 1.54) is 4.90 Å². The summed E-state index contributed by atoms with van der Waals surface area (Å²) in [7, 11) is 0. The molecule has 3 amide bonds. The Morgan fingerprint density at radius 1 is 1.00 bits per heavy atom. The molecule has 0 saturated carbocycles. The number of carbonyl (C=O) groups is 3. The lowest BCUT2D eigenvalue weighted by atomic mass is 9.85. The van der Waals surface area contributed by atoms with Crippen molar-refractivity contribution < 1.29 is 14.4 Å². The van der Waals surface area contributed by atoms with Crippen LogP contribution in [0.3, 0.4) is 0 Å². The molecule has 2 atom stereocenters. The molecule has 150 valence electrons. The molecule has 2 heterocycles. The molecule has 1 aromatic heterocycles. The van der Waals surface area contributed by atoms with Crippen LogP contribution in [-0.2, 0) is 27.3 Å². The Bertz CT molecular complexity index is 881. The van der Waals surface area contributed by atoms with E-state index in [0.717, 1.165) is 16.9 Å². The van der Waals surface area contributed by atoms with Crippen LogP contribution in [0.4, 0.5) is 0 Å². The molecular weight excluding hydrogens is 384 g/mol. The zero-order valence-electron chi connectivity index (χ0n) is 16.2. The fourth-order valence-electron chi connectivity index (χ4n) is 4.05. The molecule has 4 rings (SSSR count). The van der Waals surface area contributed by atoms with E-state index in [0.29, 0.717) is 25.9 Å². The van der Waals surface area contributed by atoms with Crippen LogP contribution in [0, 0.1) is 11.8 Å². The van der Waals surface area contributed by atoms with Crippen molar-refractivity contribution in [2.75, 3.05) is 13.1 Å². The normalized spacial score (nSPS) is 20.8. The minimum absolute atomic E-state index is 0.162. The largest absolute Gasteiger partial charge is 0.336 e. The van der Waals surface area contributed by atoms with Crippen LogP contribution in [0.2, 0.25) is 0 Å². The Morgan fingerprint density at radius 2 is 1.69 bits per heavy atom. The van der Waals surface area contributed by atoms with E-state index >= 15 is 0 Å². The summed E-state index contributed by atoms with van der Waals surface area (Å²) in [5, 5.41) is 1.99. The molecule has 0 radical (unpaired) electrons. The smallest absolute Gasteiger partial charge is 0.243 e. The Morgan fingerprint density at radius 3 is 2.31 bits per heavy atom. The molecule has 1 aliphatic heterocycles. The van der Waals surface area contributed by atoms with Crippen molar-refractivity contribution in [3.05, 3.63) is 70.4 Å². The zero-order valence-corrected chi connectivity index (χ0v) is 17.0. The summed E-state index contributed by atoms with van der Waals surface area (Å²) in [5.41, 5.74) is 1.15. The van der Waals surface area contributed by atoms with Gasteiger partial charge in [0.1, 0.15) is 6.54 Å². The van der Waals surface area contributed by atoms with Crippen LogP contribution in [0.15, 0.2) is 60.0 Å². The van der Waals surface area contributed by atoms with E-state index < -0.39 is 0 Å². The standard InChI is InChI=1S/C23H24N2O3S/c26-21(16-25-22(27)19-10-4-5-11-20(19)23(25)28)24(15-18-9-6-14-29-18)13-12-17-7-2-1-3-8-17/h1-9,14,19-20H,10-13,15-16H2/t19-,20-/m1/s1. The number of allylic oxidation sites excluding steroid dienone is 2. The predicted octanol–water partition coefficient (Wildman–Crippen LogP) is 3.27. The molecule has 0 bridgehead atoms. The first kappa shape index (κ1) is 19.6. The highest BCUT2D eigenvalue weighted by atomic mass is 32.1. The summed E-state index contributed by atoms with van der Waals surface area (Å²) in [5.74, 6) is -1.16. The second kappa shape index (κ2) is 8.74. The minimum atomic E-state index is -0.296. The van der Waals surface area contributed by atoms with Gasteiger partial charge in [-0.25, -0.2) is 0 Å². The van der Waals surface area contributed by atoms with Gasteiger partial charge in [-0.05, 0) is 36.3 Å². The van der Waals surface area contributed by atoms with Gasteiger partial charge < -0.3 is 4.90 Å². The predicted molar refractivity (Wildman–Crippen MR) is 112 cm³/mol. The van der Waals surface area contributed by atoms with Gasteiger partial charge in [-0.15, -0.1) is 11.3 Å². The van der Waals surface area contributed by atoms with Crippen molar-refractivity contribution in [1.29, 1.82) is 0 Å². The van der Waals surface area contributed by atoms with Gasteiger partial charge in [0.25, 0.3) is 0 Å². The topological polar surface area (TPSA) is 57.7 Å². The first-order chi connectivity index (χ1) is 14.1. The third-order valence-electron chi connectivity index (χ3n) is 5.68. The second-order valence-corrected chi connectivity index (χ2v) is 8.58. The number of likely N-dealkylation sites (tertiary alicyclic amines) is 1. The van der Waals surface area contributed by atoms with E-state index in [-0.39, 0.29) is 36.1 Å². The molecule has 29 heavy (non-hydrogen) atoms. The highest BCUT2D eigenvalue weighted by molar-refractivity contribution is 7.09. The van der Waals surface area contributed by atoms with Crippen molar-refractivity contribution in [3.8, 4) is 0 Å². The number of hydrogen-bond donors (Lipinski definition) is 0. The van der Waals surface area contributed by atoms with E-state index in [1.54, 1.807) is 16.2 Å². The quantitative estimate of drug-likeness (QED) is 0.522. The molecule has 0 spiro atoms. The van der Waals surface area contributed by atoms with Gasteiger partial charge in [0.05, 0.1) is 18.4 Å². The third-order valence-corrected chi connectivity index (χ3v) is 6.55. The average Bonchev–Trinajstić information content (AvgIpc) is 3.35. The lowest BCUT2D eigenvalue weighted by Gasteiger charge is -2.25. The number of imide groups is 1. The minimum Gasteiger partial charge on any atom is -0.336 e. The fourth-order valence-corrected chi connectivity index (χ4v) is 4.77. The van der Waals surface area contributed by atoms with Crippen molar-refractivity contribution in [3.63, 3.8) is 0 Å². The highest BCUT2D eigenvalue weighted by Crippen LogP contribution is 2.35. The number of rotatable bonds is 7. The SMILES string of the molecule is O=C(CN1C(=O)[C@@H]2CC=CC[C@H]2C1=O)N(CCc1ccccc1)Cc1cccs1. The van der Waals surface area contributed by atoms with Gasteiger partial charge in [-0.1, -0.05) is 48.6 Å². The first-order valence-corrected chi connectivity index (χ1v) is 10.9. The van der Waals surface area contributed by atoms with Gasteiger partial charge in [0.2, 0.25) is 17.7 Å². The molecule has 1 fully saturated rings. The summed E-state index contributed by atoms with van der Waals surface area (Å²) in [4.78, 5) is 42.6. The Balaban J connectivity index is 1.45. The number of hydrogen-bond acceptors (Lipinski definition) is 4. The van der Waals surface area contributed by atoms with Gasteiger partial charge in [-0.3, -0.25) is 19.3 Å². The molecule has 1 saturated heterocycles. The maximum Gasteiger partial charge on any atom is 0.243 e. The van der Waals surface area contributed by atoms with Gasteiger partial charge in [0, 0.05) is 11.4 Å². The molecule has 1 aliphatic carbocycles. The van der Waals surface area contributed by atoms with E-state index in [1.807, 2.05) is 60.0 Å². The van der Waals surface area contributed by atoms with E-state index in [2.05, 4.69) is 0 Å². The average molecular weight is 409 g/mol. The summed E-state index contributed by atoms with van der Waals surface area (Å²) >= 11 is 1.60. The monoisotopic (exact) mass is 408 g/mol. The number of amides is 3. The first-order valence-electron chi connectivity index (χ1n) is 9.98. The summed E-state index contributed by atoms with van der Waals surface area (Å²) in [6.45, 7) is 0.879. The van der Waals surface area contributed by atoms with Crippen LogP contribution >= 0.6 is 11.3 Å². The number of nitrogens with zero attached hydrogens (tertiary/aromatic N) is 2. The summed E-state index contributed by atoms with van der Waals surface area (Å²) in [6.07, 6.45) is 5.83. The van der Waals surface area contributed by atoms with Gasteiger partial charge in [0.15, 0.2) is 0 Å². The molecule has 6 heteroatoms. The van der Waals surface area contributed by atoms with Crippen LogP contribution in [0.5, 0.6) is 0 Å². The Labute approximate surface area is 174 Å². The molecule has 2 aromatic rings. The maximum atomic E-state index is 13.1. The molecule has 2 aliphatic rings. The van der Waals surface area contributed by atoms with Crippen LogP contribution in [0.25, 0.3) is 0 Å². The molecular formula is C23H24N2O3S. The third kappa shape index (κ3) is 4.32. The maximum absolute atomic E-state index is 13.1. The van der Waals surface area contributed by atoms with E-state index in [9.17, 15) is 14.4 Å². The molecule has 0 unspecified atom stereocenters. The lowest BCUT2D eigenvalue weighted by molar-refractivity contribution is -0.146. The van der Waals surface area contributed by atoms with Crippen LogP contribution in [-0.4, -0.2) is 40.6 Å². The van der Waals surface area contributed by atoms with Crippen molar-refractivity contribution in [1.82, 2.24) is 9.80 Å². The van der Waals surface area contributed by atoms with E-state index in [4.69, 9.17) is 0 Å². The summed E-state index contributed by atoms with van der Waals surface area (Å²) < 4.78 is 0. The fraction of sp³-hybridized carbons (Fsp3) is 0.348. The lowest BCUT2D eigenvalue weighted by Crippen LogP contribution is -2.43. The van der Waals surface area contributed by atoms with Crippen LogP contribution in [0.1, 0.15) is 23.3 Å². The van der Waals surface area contributed by atoms with Crippen molar-refractivity contribution in [2.24, 2.45) is 11.8 Å². The Hall–Kier alpha value is -2.73. The summed E-state index contributed by atoms with van der Waals surface area (Å²) in [6, 6.07) is 14.0. The van der Waals surface area contributed by atoms with Crippen molar-refractivity contribution >= 4 is 29.1 Å². The van der Waals surface area contributed by atoms with Crippen LogP contribution < -0.4 is 0 Å². The van der Waals surface area contributed by atoms with Gasteiger partial charge >= 0.3 is 0 Å². The number of fused-ring (bicyclic) bond motifs is 1. The number of carbonyl (C=O) groups excluding carboxylic acids is 3.